The summed E-state index contributed by atoms with van der Waals surface area (Å²) in [5, 5.41) is 13.1. The molecule has 0 spiro atoms. The summed E-state index contributed by atoms with van der Waals surface area (Å²) in [6, 6.07) is 15.7. The summed E-state index contributed by atoms with van der Waals surface area (Å²) < 4.78 is 12.2. The molecule has 31 heavy (non-hydrogen) atoms. The zero-order chi connectivity index (χ0) is 22.0. The summed E-state index contributed by atoms with van der Waals surface area (Å²) >= 11 is 1.38. The first-order valence-corrected chi connectivity index (χ1v) is 10.8. The van der Waals surface area contributed by atoms with Gasteiger partial charge >= 0.3 is 0 Å². The number of hydrogen-bond donors (Lipinski definition) is 1. The summed E-state index contributed by atoms with van der Waals surface area (Å²) in [6.07, 6.45) is 0. The molecule has 2 N–H and O–H groups in total. The van der Waals surface area contributed by atoms with Gasteiger partial charge in [-0.05, 0) is 23.1 Å². The third-order valence-corrected chi connectivity index (χ3v) is 5.74. The lowest BCUT2D eigenvalue weighted by molar-refractivity contribution is 0.390. The molecule has 9 heteroatoms. The molecular formula is C22H24N6O2S. The van der Waals surface area contributed by atoms with Crippen molar-refractivity contribution in [1.29, 1.82) is 0 Å². The van der Waals surface area contributed by atoms with Gasteiger partial charge in [0.2, 0.25) is 16.9 Å². The molecule has 2 aromatic heterocycles. The van der Waals surface area contributed by atoms with Gasteiger partial charge in [0.1, 0.15) is 5.75 Å². The summed E-state index contributed by atoms with van der Waals surface area (Å²) in [5.74, 6) is 8.89. The Kier molecular flexibility index (Phi) is 5.69. The van der Waals surface area contributed by atoms with Gasteiger partial charge in [0.05, 0.1) is 18.4 Å². The van der Waals surface area contributed by atoms with E-state index in [1.165, 1.54) is 22.0 Å². The molecule has 2 heterocycles. The Morgan fingerprint density at radius 3 is 2.52 bits per heavy atom. The minimum Gasteiger partial charge on any atom is -0.496 e. The van der Waals surface area contributed by atoms with E-state index >= 15 is 0 Å². The van der Waals surface area contributed by atoms with Crippen molar-refractivity contribution in [2.45, 2.75) is 37.1 Å². The van der Waals surface area contributed by atoms with Crippen LogP contribution >= 0.6 is 11.8 Å². The molecule has 0 unspecified atom stereocenters. The van der Waals surface area contributed by atoms with Crippen LogP contribution in [0.25, 0.3) is 22.8 Å². The Bertz CT molecular complexity index is 1180. The van der Waals surface area contributed by atoms with Crippen molar-refractivity contribution in [2.24, 2.45) is 0 Å². The average molecular weight is 437 g/mol. The van der Waals surface area contributed by atoms with Crippen LogP contribution in [0.2, 0.25) is 0 Å². The van der Waals surface area contributed by atoms with Crippen LogP contribution in [0.15, 0.2) is 58.2 Å². The van der Waals surface area contributed by atoms with Gasteiger partial charge in [-0.3, -0.25) is 0 Å². The van der Waals surface area contributed by atoms with Crippen LogP contribution < -0.4 is 10.6 Å². The molecule has 8 nitrogen and oxygen atoms in total. The molecule has 160 valence electrons. The number of nitrogens with zero attached hydrogens (tertiary/aromatic N) is 5. The molecule has 0 aliphatic heterocycles. The van der Waals surface area contributed by atoms with E-state index in [9.17, 15) is 0 Å². The monoisotopic (exact) mass is 436 g/mol. The highest BCUT2D eigenvalue weighted by Crippen LogP contribution is 2.29. The number of ether oxygens (including phenoxy) is 1. The van der Waals surface area contributed by atoms with Crippen LogP contribution in [-0.4, -0.2) is 32.1 Å². The van der Waals surface area contributed by atoms with E-state index in [1.807, 2.05) is 36.4 Å². The fourth-order valence-electron chi connectivity index (χ4n) is 3.07. The Morgan fingerprint density at radius 2 is 1.81 bits per heavy atom. The molecule has 0 fully saturated rings. The van der Waals surface area contributed by atoms with Crippen LogP contribution in [0.5, 0.6) is 5.75 Å². The second-order valence-corrected chi connectivity index (χ2v) is 8.95. The molecule has 4 aromatic rings. The molecular weight excluding hydrogens is 412 g/mol. The molecule has 0 aliphatic carbocycles. The van der Waals surface area contributed by atoms with E-state index in [1.54, 1.807) is 7.11 Å². The quantitative estimate of drug-likeness (QED) is 0.352. The van der Waals surface area contributed by atoms with E-state index < -0.39 is 0 Å². The first-order valence-electron chi connectivity index (χ1n) is 9.77. The standard InChI is InChI=1S/C22H24N6O2S/c1-22(2,3)15-11-9-14(10-12-15)20-25-26-21(28(20)23)31-13-18-24-19(27-30-18)16-7-5-6-8-17(16)29-4/h5-12H,13,23H2,1-4H3. The molecule has 0 aliphatic rings. The van der Waals surface area contributed by atoms with Gasteiger partial charge in [-0.2, -0.15) is 4.98 Å². The van der Waals surface area contributed by atoms with Crippen molar-refractivity contribution in [3.05, 3.63) is 60.0 Å². The van der Waals surface area contributed by atoms with E-state index in [-0.39, 0.29) is 5.41 Å². The van der Waals surface area contributed by atoms with Crippen LogP contribution in [0, 0.1) is 0 Å². The molecule has 0 radical (unpaired) electrons. The largest absolute Gasteiger partial charge is 0.496 e. The number of thioether (sulfide) groups is 1. The lowest BCUT2D eigenvalue weighted by atomic mass is 9.87. The Labute approximate surface area is 184 Å². The highest BCUT2D eigenvalue weighted by molar-refractivity contribution is 7.98. The van der Waals surface area contributed by atoms with Gasteiger partial charge in [0.25, 0.3) is 0 Å². The molecule has 0 amide bonds. The van der Waals surface area contributed by atoms with E-state index in [2.05, 4.69) is 53.2 Å². The third kappa shape index (κ3) is 4.41. The van der Waals surface area contributed by atoms with E-state index in [4.69, 9.17) is 15.1 Å². The summed E-state index contributed by atoms with van der Waals surface area (Å²) in [5.41, 5.74) is 3.01. The van der Waals surface area contributed by atoms with Crippen LogP contribution in [0.1, 0.15) is 32.2 Å². The number of aromatic nitrogens is 5. The fourth-order valence-corrected chi connectivity index (χ4v) is 3.76. The zero-order valence-corrected chi connectivity index (χ0v) is 18.7. The van der Waals surface area contributed by atoms with Crippen molar-refractivity contribution < 1.29 is 9.26 Å². The van der Waals surface area contributed by atoms with E-state index in [0.29, 0.717) is 34.2 Å². The minimum absolute atomic E-state index is 0.0859. The van der Waals surface area contributed by atoms with Gasteiger partial charge in [-0.15, -0.1) is 10.2 Å². The Hall–Kier alpha value is -3.33. The molecule has 4 rings (SSSR count). The second kappa shape index (κ2) is 8.43. The van der Waals surface area contributed by atoms with Gasteiger partial charge in [0, 0.05) is 5.56 Å². The predicted octanol–water partition coefficient (Wildman–Crippen LogP) is 4.31. The van der Waals surface area contributed by atoms with Crippen molar-refractivity contribution in [1.82, 2.24) is 25.0 Å². The molecule has 0 bridgehead atoms. The van der Waals surface area contributed by atoms with Crippen molar-refractivity contribution in [3.8, 4) is 28.5 Å². The average Bonchev–Trinajstić information content (AvgIpc) is 3.38. The van der Waals surface area contributed by atoms with Crippen LogP contribution in [0.4, 0.5) is 0 Å². The van der Waals surface area contributed by atoms with Crippen LogP contribution in [-0.2, 0) is 11.2 Å². The Morgan fingerprint density at radius 1 is 1.06 bits per heavy atom. The number of hydrogen-bond acceptors (Lipinski definition) is 8. The lowest BCUT2D eigenvalue weighted by Crippen LogP contribution is -2.12. The first kappa shape index (κ1) is 20.9. The van der Waals surface area contributed by atoms with Gasteiger partial charge in [-0.1, -0.05) is 74.1 Å². The minimum atomic E-state index is 0.0859. The van der Waals surface area contributed by atoms with Gasteiger partial charge in [-0.25, -0.2) is 4.68 Å². The number of nitrogen functional groups attached to an aromatic ring is 1. The van der Waals surface area contributed by atoms with Gasteiger partial charge in [0.15, 0.2) is 5.82 Å². The van der Waals surface area contributed by atoms with Crippen LogP contribution in [0.3, 0.4) is 0 Å². The maximum atomic E-state index is 6.25. The highest BCUT2D eigenvalue weighted by atomic mass is 32.2. The lowest BCUT2D eigenvalue weighted by Gasteiger charge is -2.19. The number of nitrogens with two attached hydrogens (primary N) is 1. The normalized spacial score (nSPS) is 11.6. The summed E-state index contributed by atoms with van der Waals surface area (Å²) in [7, 11) is 1.61. The summed E-state index contributed by atoms with van der Waals surface area (Å²) in [6.45, 7) is 6.54. The van der Waals surface area contributed by atoms with E-state index in [0.717, 1.165) is 11.1 Å². The molecule has 0 saturated heterocycles. The maximum Gasteiger partial charge on any atom is 0.237 e. The Balaban J connectivity index is 1.47. The topological polar surface area (TPSA) is 105 Å². The number of rotatable bonds is 6. The smallest absolute Gasteiger partial charge is 0.237 e. The molecule has 0 atom stereocenters. The number of para-hydroxylation sites is 1. The van der Waals surface area contributed by atoms with Crippen molar-refractivity contribution in [3.63, 3.8) is 0 Å². The zero-order valence-electron chi connectivity index (χ0n) is 17.9. The molecule has 2 aromatic carbocycles. The van der Waals surface area contributed by atoms with Crippen molar-refractivity contribution in [2.75, 3.05) is 13.0 Å². The SMILES string of the molecule is COc1ccccc1-c1noc(CSc2nnc(-c3ccc(C(C)(C)C)cc3)n2N)n1. The third-order valence-electron chi connectivity index (χ3n) is 4.81. The first-order chi connectivity index (χ1) is 14.9. The molecule has 0 saturated carbocycles. The predicted molar refractivity (Wildman–Crippen MR) is 120 cm³/mol. The number of methoxy groups -OCH3 is 1. The highest BCUT2D eigenvalue weighted by Gasteiger charge is 2.18. The van der Waals surface area contributed by atoms with Gasteiger partial charge < -0.3 is 15.1 Å². The van der Waals surface area contributed by atoms with Crippen molar-refractivity contribution >= 4 is 11.8 Å². The second-order valence-electron chi connectivity index (χ2n) is 8.00. The summed E-state index contributed by atoms with van der Waals surface area (Å²) in [4.78, 5) is 4.45. The maximum absolute atomic E-state index is 6.25. The number of benzene rings is 2. The fraction of sp³-hybridized carbons (Fsp3) is 0.273.